The van der Waals surface area contributed by atoms with Crippen LogP contribution in [0.4, 0.5) is 0 Å². The van der Waals surface area contributed by atoms with Crippen LogP contribution in [0, 0.1) is 0 Å². The number of amides is 1. The summed E-state index contributed by atoms with van der Waals surface area (Å²) in [5.74, 6) is 0.795. The lowest BCUT2D eigenvalue weighted by Gasteiger charge is -2.08. The highest BCUT2D eigenvalue weighted by molar-refractivity contribution is 5.92. The fourth-order valence-corrected chi connectivity index (χ4v) is 2.96. The number of carbonyl (C=O) groups excluding carboxylic acids is 1. The van der Waals surface area contributed by atoms with Crippen LogP contribution in [0.2, 0.25) is 0 Å². The monoisotopic (exact) mass is 387 g/mol. The van der Waals surface area contributed by atoms with Crippen LogP contribution in [0.25, 0.3) is 5.69 Å². The fraction of sp³-hybridized carbons (Fsp3) is 0.130. The summed E-state index contributed by atoms with van der Waals surface area (Å²) in [4.78, 5) is 12.5. The van der Waals surface area contributed by atoms with Crippen LogP contribution in [0.3, 0.4) is 0 Å². The van der Waals surface area contributed by atoms with Gasteiger partial charge in [0.05, 0.1) is 12.0 Å². The van der Waals surface area contributed by atoms with E-state index in [0.717, 1.165) is 29.0 Å². The minimum absolute atomic E-state index is 0.241. The van der Waals surface area contributed by atoms with Gasteiger partial charge in [0.1, 0.15) is 12.4 Å². The van der Waals surface area contributed by atoms with E-state index >= 15 is 0 Å². The number of para-hydroxylation sites is 1. The molecule has 146 valence electrons. The van der Waals surface area contributed by atoms with Crippen LogP contribution in [-0.4, -0.2) is 22.2 Å². The third-order valence-corrected chi connectivity index (χ3v) is 4.50. The maximum Gasteiger partial charge on any atom is 0.287 e. The molecule has 6 heteroatoms. The molecule has 0 atom stereocenters. The molecule has 1 N–H and O–H groups in total. The van der Waals surface area contributed by atoms with Gasteiger partial charge in [-0.2, -0.15) is 5.10 Å². The second kappa shape index (κ2) is 8.93. The molecule has 0 aliphatic rings. The summed E-state index contributed by atoms with van der Waals surface area (Å²) < 4.78 is 12.9. The molecule has 0 radical (unpaired) electrons. The molecular formula is C23H21N3O3. The van der Waals surface area contributed by atoms with E-state index in [4.69, 9.17) is 9.15 Å². The lowest BCUT2D eigenvalue weighted by atomic mass is 10.1. The van der Waals surface area contributed by atoms with Gasteiger partial charge in [0.2, 0.25) is 0 Å². The summed E-state index contributed by atoms with van der Waals surface area (Å²) in [5.41, 5.74) is 2.85. The summed E-state index contributed by atoms with van der Waals surface area (Å²) in [7, 11) is 0. The van der Waals surface area contributed by atoms with Gasteiger partial charge in [-0.05, 0) is 48.4 Å². The average molecular weight is 387 g/mol. The fourth-order valence-electron chi connectivity index (χ4n) is 2.96. The second-order valence-electron chi connectivity index (χ2n) is 6.50. The molecule has 0 aliphatic heterocycles. The lowest BCUT2D eigenvalue weighted by molar-refractivity contribution is 0.0923. The van der Waals surface area contributed by atoms with Crippen molar-refractivity contribution in [3.8, 4) is 11.4 Å². The van der Waals surface area contributed by atoms with Gasteiger partial charge < -0.3 is 14.5 Å². The molecule has 4 rings (SSSR count). The van der Waals surface area contributed by atoms with Crippen molar-refractivity contribution in [2.75, 3.05) is 6.54 Å². The normalized spacial score (nSPS) is 10.6. The van der Waals surface area contributed by atoms with Gasteiger partial charge in [-0.1, -0.05) is 30.3 Å². The molecule has 0 aliphatic carbocycles. The Hall–Kier alpha value is -3.80. The van der Waals surface area contributed by atoms with Crippen LogP contribution < -0.4 is 10.1 Å². The lowest BCUT2D eigenvalue weighted by Crippen LogP contribution is -2.26. The molecule has 2 heterocycles. The molecule has 29 heavy (non-hydrogen) atoms. The van der Waals surface area contributed by atoms with Gasteiger partial charge in [-0.15, -0.1) is 0 Å². The molecule has 2 aromatic heterocycles. The number of ether oxygens (including phenoxy) is 1. The Morgan fingerprint density at radius 2 is 1.86 bits per heavy atom. The molecule has 0 fully saturated rings. The van der Waals surface area contributed by atoms with Crippen LogP contribution >= 0.6 is 0 Å². The first kappa shape index (κ1) is 18.6. The quantitative estimate of drug-likeness (QED) is 0.496. The minimum Gasteiger partial charge on any atom is -0.489 e. The van der Waals surface area contributed by atoms with Crippen LogP contribution in [-0.2, 0) is 13.0 Å². The Balaban J connectivity index is 1.28. The van der Waals surface area contributed by atoms with Crippen LogP contribution in [0.1, 0.15) is 21.7 Å². The van der Waals surface area contributed by atoms with Gasteiger partial charge in [0.25, 0.3) is 5.91 Å². The molecule has 0 bridgehead atoms. The summed E-state index contributed by atoms with van der Waals surface area (Å²) in [6, 6.07) is 21.2. The predicted octanol–water partition coefficient (Wildman–Crippen LogP) is 4.02. The maximum atomic E-state index is 12.5. The zero-order valence-corrected chi connectivity index (χ0v) is 15.8. The molecule has 4 aromatic rings. The van der Waals surface area contributed by atoms with Gasteiger partial charge >= 0.3 is 0 Å². The van der Waals surface area contributed by atoms with Crippen molar-refractivity contribution < 1.29 is 13.9 Å². The topological polar surface area (TPSA) is 69.3 Å². The smallest absolute Gasteiger partial charge is 0.287 e. The largest absolute Gasteiger partial charge is 0.489 e. The number of hydrogen-bond acceptors (Lipinski definition) is 4. The van der Waals surface area contributed by atoms with Crippen molar-refractivity contribution in [2.45, 2.75) is 13.0 Å². The number of carbonyl (C=O) groups is 1. The van der Waals surface area contributed by atoms with Crippen molar-refractivity contribution in [3.05, 3.63) is 102 Å². The van der Waals surface area contributed by atoms with E-state index in [0.29, 0.717) is 6.54 Å². The van der Waals surface area contributed by atoms with E-state index in [1.807, 2.05) is 71.5 Å². The Morgan fingerprint density at radius 3 is 2.62 bits per heavy atom. The van der Waals surface area contributed by atoms with E-state index < -0.39 is 0 Å². The van der Waals surface area contributed by atoms with E-state index in [1.54, 1.807) is 12.3 Å². The molecule has 6 nitrogen and oxygen atoms in total. The molecule has 0 saturated heterocycles. The molecule has 0 saturated carbocycles. The maximum absolute atomic E-state index is 12.5. The summed E-state index contributed by atoms with van der Waals surface area (Å²) in [6.07, 6.45) is 5.88. The van der Waals surface area contributed by atoms with Crippen molar-refractivity contribution in [1.82, 2.24) is 15.1 Å². The van der Waals surface area contributed by atoms with Crippen molar-refractivity contribution >= 4 is 5.91 Å². The highest BCUT2D eigenvalue weighted by Crippen LogP contribution is 2.16. The van der Waals surface area contributed by atoms with E-state index in [1.165, 1.54) is 6.26 Å². The molecular weight excluding hydrogens is 366 g/mol. The SMILES string of the molecule is O=C(NCCc1ccc(-n2cccn2)cc1)c1occc1COc1ccccc1. The first-order valence-electron chi connectivity index (χ1n) is 9.41. The van der Waals surface area contributed by atoms with Crippen molar-refractivity contribution in [1.29, 1.82) is 0 Å². The van der Waals surface area contributed by atoms with Crippen LogP contribution in [0.15, 0.2) is 89.8 Å². The molecule has 1 amide bonds. The summed E-state index contributed by atoms with van der Waals surface area (Å²) in [6.45, 7) is 0.789. The van der Waals surface area contributed by atoms with E-state index in [9.17, 15) is 4.79 Å². The van der Waals surface area contributed by atoms with Crippen molar-refractivity contribution in [3.63, 3.8) is 0 Å². The third-order valence-electron chi connectivity index (χ3n) is 4.50. The zero-order valence-electron chi connectivity index (χ0n) is 15.8. The Morgan fingerprint density at radius 1 is 1.03 bits per heavy atom. The number of aromatic nitrogens is 2. The number of nitrogens with zero attached hydrogens (tertiary/aromatic N) is 2. The zero-order chi connectivity index (χ0) is 19.9. The number of furan rings is 1. The number of benzene rings is 2. The van der Waals surface area contributed by atoms with Crippen molar-refractivity contribution in [2.24, 2.45) is 0 Å². The predicted molar refractivity (Wildman–Crippen MR) is 109 cm³/mol. The third kappa shape index (κ3) is 4.73. The number of hydrogen-bond donors (Lipinski definition) is 1. The molecule has 2 aromatic carbocycles. The second-order valence-corrected chi connectivity index (χ2v) is 6.50. The van der Waals surface area contributed by atoms with E-state index in [-0.39, 0.29) is 18.3 Å². The van der Waals surface area contributed by atoms with Gasteiger partial charge in [0, 0.05) is 24.5 Å². The first-order valence-corrected chi connectivity index (χ1v) is 9.41. The van der Waals surface area contributed by atoms with Crippen LogP contribution in [0.5, 0.6) is 5.75 Å². The highest BCUT2D eigenvalue weighted by Gasteiger charge is 2.15. The highest BCUT2D eigenvalue weighted by atomic mass is 16.5. The Labute approximate surface area is 168 Å². The minimum atomic E-state index is -0.241. The summed E-state index contributed by atoms with van der Waals surface area (Å²) >= 11 is 0. The van der Waals surface area contributed by atoms with Gasteiger partial charge in [-0.3, -0.25) is 4.79 Å². The van der Waals surface area contributed by atoms with Gasteiger partial charge in [-0.25, -0.2) is 4.68 Å². The Kier molecular flexibility index (Phi) is 5.71. The molecule has 0 spiro atoms. The van der Waals surface area contributed by atoms with E-state index in [2.05, 4.69) is 10.4 Å². The number of nitrogens with one attached hydrogen (secondary N) is 1. The van der Waals surface area contributed by atoms with Gasteiger partial charge in [0.15, 0.2) is 5.76 Å². The average Bonchev–Trinajstić information content (AvgIpc) is 3.46. The standard InChI is InChI=1S/C23H21N3O3/c27-23(22-19(12-16-28-22)17-29-21-5-2-1-3-6-21)24-14-11-18-7-9-20(10-8-18)26-15-4-13-25-26/h1-10,12-13,15-16H,11,14,17H2,(H,24,27). The summed E-state index contributed by atoms with van der Waals surface area (Å²) in [5, 5.41) is 7.12. The number of rotatable bonds is 8. The Bertz CT molecular complexity index is 1040. The molecule has 0 unspecified atom stereocenters. The first-order chi connectivity index (χ1) is 14.3.